The second kappa shape index (κ2) is 13.4. The lowest BCUT2D eigenvalue weighted by Crippen LogP contribution is -2.37. The van der Waals surface area contributed by atoms with Crippen LogP contribution in [0.25, 0.3) is 0 Å². The van der Waals surface area contributed by atoms with E-state index in [-0.39, 0.29) is 37.2 Å². The van der Waals surface area contributed by atoms with Gasteiger partial charge < -0.3 is 18.9 Å². The first-order valence-corrected chi connectivity index (χ1v) is 18.1. The first-order valence-electron chi connectivity index (χ1n) is 16.9. The number of likely N-dealkylation sites (tertiary alicyclic amines) is 1. The maximum atomic E-state index is 13.7. The summed E-state index contributed by atoms with van der Waals surface area (Å²) in [6.07, 6.45) is 6.68. The van der Waals surface area contributed by atoms with Gasteiger partial charge >= 0.3 is 6.16 Å². The number of carbonyl (C=O) groups excluding carboxylic acids is 2. The molecule has 2 saturated carbocycles. The third-order valence-corrected chi connectivity index (χ3v) is 12.0. The molecule has 3 heterocycles. The number of nitrogens with zero attached hydrogens (tertiary/aromatic N) is 2. The summed E-state index contributed by atoms with van der Waals surface area (Å²) in [5.74, 6) is 2.95. The molecule has 1 saturated heterocycles. The highest BCUT2D eigenvalue weighted by molar-refractivity contribution is 7.11. The predicted octanol–water partition coefficient (Wildman–Crippen LogP) is 8.15. The van der Waals surface area contributed by atoms with Crippen molar-refractivity contribution in [3.63, 3.8) is 0 Å². The average molecular weight is 679 g/mol. The molecular weight excluding hydrogens is 636 g/mol. The van der Waals surface area contributed by atoms with E-state index in [0.717, 1.165) is 59.0 Å². The van der Waals surface area contributed by atoms with Gasteiger partial charge in [-0.15, -0.1) is 11.3 Å². The second-order valence-electron chi connectivity index (χ2n) is 14.1. The highest BCUT2D eigenvalue weighted by atomic mass is 35.5. The summed E-state index contributed by atoms with van der Waals surface area (Å²) in [7, 11) is 0. The van der Waals surface area contributed by atoms with Gasteiger partial charge in [0.2, 0.25) is 6.79 Å². The fraction of sp³-hybridized carbons (Fsp3) is 0.541. The van der Waals surface area contributed by atoms with Crippen molar-refractivity contribution < 1.29 is 28.5 Å². The highest BCUT2D eigenvalue weighted by Gasteiger charge is 2.51. The standard InChI is InChI=1S/C37H43ClN2O6S/c1-22(2)26-10-8-23(3)16-30(26)46-36(42)45-25-12-15-40(20-25)35(27-6-4-5-7-28(27)38)32-19-39-34(47-32)18-33(41)37(13-14-37)24-9-11-29-31(17-24)44-21-43-29/h4-7,9,11,17,19,22-23,25-26,30,35H,8,10,12-16,18,20-21H2,1-3H3/t23-,25+,26+,30-,35-/m0/s1. The molecule has 0 amide bonds. The zero-order valence-electron chi connectivity index (χ0n) is 27.3. The van der Waals surface area contributed by atoms with Crippen molar-refractivity contribution in [2.75, 3.05) is 19.9 Å². The highest BCUT2D eigenvalue weighted by Crippen LogP contribution is 2.52. The zero-order chi connectivity index (χ0) is 32.7. The Morgan fingerprint density at radius 3 is 2.68 bits per heavy atom. The van der Waals surface area contributed by atoms with Crippen LogP contribution >= 0.6 is 22.9 Å². The van der Waals surface area contributed by atoms with Crippen molar-refractivity contribution in [3.8, 4) is 11.5 Å². The normalized spacial score (nSPS) is 25.5. The Bertz CT molecular complexity index is 1620. The van der Waals surface area contributed by atoms with E-state index in [1.165, 1.54) is 6.42 Å². The van der Waals surface area contributed by atoms with Crippen molar-refractivity contribution >= 4 is 34.9 Å². The fourth-order valence-electron chi connectivity index (χ4n) is 7.74. The quantitative estimate of drug-likeness (QED) is 0.199. The number of halogens is 1. The Labute approximate surface area is 285 Å². The minimum atomic E-state index is -0.564. The molecule has 0 N–H and O–H groups in total. The second-order valence-corrected chi connectivity index (χ2v) is 15.6. The molecule has 0 radical (unpaired) electrons. The molecule has 2 aromatic carbocycles. The van der Waals surface area contributed by atoms with E-state index in [1.54, 1.807) is 11.3 Å². The molecule has 0 spiro atoms. The van der Waals surface area contributed by atoms with E-state index in [1.807, 2.05) is 48.7 Å². The first-order chi connectivity index (χ1) is 22.7. The maximum Gasteiger partial charge on any atom is 0.508 e. The molecule has 0 unspecified atom stereocenters. The number of carbonyl (C=O) groups is 2. The molecule has 2 aliphatic carbocycles. The van der Waals surface area contributed by atoms with Crippen LogP contribution in [-0.2, 0) is 26.1 Å². The number of Topliss-reactive ketones (excluding diaryl/α,β-unsaturated/α-hetero) is 1. The Kier molecular flexibility index (Phi) is 9.24. The molecule has 5 atom stereocenters. The van der Waals surface area contributed by atoms with Crippen LogP contribution in [0.5, 0.6) is 11.5 Å². The van der Waals surface area contributed by atoms with Crippen molar-refractivity contribution in [1.29, 1.82) is 0 Å². The molecule has 2 aliphatic heterocycles. The topological polar surface area (TPSA) is 87.2 Å². The largest absolute Gasteiger partial charge is 0.508 e. The fourth-order valence-corrected chi connectivity index (χ4v) is 9.05. The lowest BCUT2D eigenvalue weighted by Gasteiger charge is -2.36. The SMILES string of the molecule is CC(C)[C@H]1CC[C@H](C)C[C@@H]1OC(=O)O[C@@H]1CCN([C@H](c2cnc(CC(=O)C3(c4ccc5c(c4)OCO5)CC3)s2)c2ccccc2Cl)C1. The summed E-state index contributed by atoms with van der Waals surface area (Å²) in [4.78, 5) is 34.8. The van der Waals surface area contributed by atoms with Crippen LogP contribution in [0.2, 0.25) is 5.02 Å². The van der Waals surface area contributed by atoms with Crippen molar-refractivity contribution in [2.45, 2.75) is 89.4 Å². The summed E-state index contributed by atoms with van der Waals surface area (Å²) in [5, 5.41) is 1.45. The summed E-state index contributed by atoms with van der Waals surface area (Å²) in [6.45, 7) is 8.13. The van der Waals surface area contributed by atoms with E-state index in [9.17, 15) is 9.59 Å². The molecule has 3 aromatic rings. The number of fused-ring (bicyclic) bond motifs is 1. The van der Waals surface area contributed by atoms with Crippen LogP contribution in [0.4, 0.5) is 4.79 Å². The van der Waals surface area contributed by atoms with Crippen LogP contribution in [0.3, 0.4) is 0 Å². The molecule has 3 fully saturated rings. The number of rotatable bonds is 10. The van der Waals surface area contributed by atoms with Gasteiger partial charge in [-0.1, -0.05) is 63.1 Å². The maximum absolute atomic E-state index is 13.7. The van der Waals surface area contributed by atoms with Crippen LogP contribution in [0.1, 0.15) is 86.3 Å². The molecular formula is C37H43ClN2O6S. The zero-order valence-corrected chi connectivity index (χ0v) is 28.9. The molecule has 0 bridgehead atoms. The molecule has 1 aromatic heterocycles. The van der Waals surface area contributed by atoms with Crippen LogP contribution in [0, 0.1) is 17.8 Å². The van der Waals surface area contributed by atoms with Crippen molar-refractivity contribution in [1.82, 2.24) is 9.88 Å². The van der Waals surface area contributed by atoms with E-state index < -0.39 is 11.6 Å². The third kappa shape index (κ3) is 6.76. The Hall–Kier alpha value is -3.14. The molecule has 250 valence electrons. The number of benzene rings is 2. The monoisotopic (exact) mass is 678 g/mol. The van der Waals surface area contributed by atoms with Gasteiger partial charge in [-0.05, 0) is 79.2 Å². The van der Waals surface area contributed by atoms with Crippen LogP contribution in [-0.4, -0.2) is 53.9 Å². The van der Waals surface area contributed by atoms with Gasteiger partial charge in [0.15, 0.2) is 11.5 Å². The first kappa shape index (κ1) is 32.4. The van der Waals surface area contributed by atoms with E-state index >= 15 is 0 Å². The lowest BCUT2D eigenvalue weighted by molar-refractivity contribution is -0.120. The predicted molar refractivity (Wildman–Crippen MR) is 180 cm³/mol. The lowest BCUT2D eigenvalue weighted by atomic mass is 9.75. The molecule has 7 rings (SSSR count). The Morgan fingerprint density at radius 2 is 1.89 bits per heavy atom. The average Bonchev–Trinajstić information content (AvgIpc) is 3.32. The van der Waals surface area contributed by atoms with E-state index in [4.69, 9.17) is 35.5 Å². The number of aromatic nitrogens is 1. The Morgan fingerprint density at radius 1 is 1.09 bits per heavy atom. The number of ether oxygens (including phenoxy) is 4. The molecule has 4 aliphatic rings. The summed E-state index contributed by atoms with van der Waals surface area (Å²) in [6, 6.07) is 13.5. The van der Waals surface area contributed by atoms with Crippen LogP contribution < -0.4 is 9.47 Å². The van der Waals surface area contributed by atoms with Gasteiger partial charge in [0, 0.05) is 29.2 Å². The molecule has 10 heteroatoms. The summed E-state index contributed by atoms with van der Waals surface area (Å²) < 4.78 is 22.9. The van der Waals surface area contributed by atoms with E-state index in [0.29, 0.717) is 41.5 Å². The smallest absolute Gasteiger partial charge is 0.454 e. The number of hydrogen-bond donors (Lipinski definition) is 0. The van der Waals surface area contributed by atoms with Gasteiger partial charge in [-0.2, -0.15) is 0 Å². The van der Waals surface area contributed by atoms with Gasteiger partial charge in [0.05, 0.1) is 17.9 Å². The third-order valence-electron chi connectivity index (χ3n) is 10.6. The summed E-state index contributed by atoms with van der Waals surface area (Å²) >= 11 is 8.32. The van der Waals surface area contributed by atoms with Gasteiger partial charge in [-0.25, -0.2) is 9.78 Å². The van der Waals surface area contributed by atoms with Gasteiger partial charge in [-0.3, -0.25) is 9.69 Å². The van der Waals surface area contributed by atoms with Crippen LogP contribution in [0.15, 0.2) is 48.7 Å². The number of hydrogen-bond acceptors (Lipinski definition) is 9. The van der Waals surface area contributed by atoms with Gasteiger partial charge in [0.1, 0.15) is 23.0 Å². The number of thiazole rings is 1. The minimum Gasteiger partial charge on any atom is -0.454 e. The van der Waals surface area contributed by atoms with Gasteiger partial charge in [0.25, 0.3) is 0 Å². The molecule has 47 heavy (non-hydrogen) atoms. The molecule has 8 nitrogen and oxygen atoms in total. The minimum absolute atomic E-state index is 0.0993. The summed E-state index contributed by atoms with van der Waals surface area (Å²) in [5.41, 5.74) is 1.46. The van der Waals surface area contributed by atoms with Crippen molar-refractivity contribution in [2.24, 2.45) is 17.8 Å². The number of ketones is 1. The van der Waals surface area contributed by atoms with Crippen molar-refractivity contribution in [3.05, 3.63) is 74.7 Å². The Balaban J connectivity index is 1.04. The van der Waals surface area contributed by atoms with E-state index in [2.05, 4.69) is 25.7 Å².